The third-order valence-electron chi connectivity index (χ3n) is 3.28. The van der Waals surface area contributed by atoms with Crippen LogP contribution in [0.4, 0.5) is 10.1 Å². The molecule has 21 heavy (non-hydrogen) atoms. The van der Waals surface area contributed by atoms with Crippen LogP contribution in [0.15, 0.2) is 54.4 Å². The van der Waals surface area contributed by atoms with E-state index in [-0.39, 0.29) is 13.0 Å². The van der Waals surface area contributed by atoms with Crippen LogP contribution in [-0.2, 0) is 14.3 Å². The van der Waals surface area contributed by atoms with Crippen LogP contribution in [0.25, 0.3) is 0 Å². The van der Waals surface area contributed by atoms with Gasteiger partial charge in [-0.3, -0.25) is 4.79 Å². The molecular formula is C16H16FNO3. The molecule has 0 aromatic heterocycles. The van der Waals surface area contributed by atoms with E-state index in [0.717, 1.165) is 24.1 Å². The Morgan fingerprint density at radius 3 is 2.67 bits per heavy atom. The summed E-state index contributed by atoms with van der Waals surface area (Å²) in [6.45, 7) is 0.128. The Morgan fingerprint density at radius 2 is 2.05 bits per heavy atom. The van der Waals surface area contributed by atoms with Gasteiger partial charge in [-0.25, -0.2) is 4.39 Å². The van der Waals surface area contributed by atoms with Gasteiger partial charge >= 0.3 is 0 Å². The van der Waals surface area contributed by atoms with Crippen LogP contribution < -0.4 is 4.90 Å². The molecule has 0 bridgehead atoms. The number of likely N-dealkylation sites (N-methyl/N-ethyl adjacent to an activating group) is 1. The fourth-order valence-corrected chi connectivity index (χ4v) is 2.09. The molecule has 0 aliphatic heterocycles. The lowest BCUT2D eigenvalue weighted by atomic mass is 10.0. The number of rotatable bonds is 6. The van der Waals surface area contributed by atoms with Gasteiger partial charge in [-0.2, -0.15) is 0 Å². The standard InChI is InChI=1S/C16H16FNO3/c1-18(13-6-3-2-4-7-13)16(21-11-5-10-19)9-8-15(20)14(17)12-16/h2-4,6-10,12H,5,11H2,1H3. The van der Waals surface area contributed by atoms with Crippen LogP contribution in [0.1, 0.15) is 6.42 Å². The maximum absolute atomic E-state index is 13.7. The number of ketones is 1. The van der Waals surface area contributed by atoms with Crippen LogP contribution in [0.3, 0.4) is 0 Å². The number of benzene rings is 1. The Morgan fingerprint density at radius 1 is 1.33 bits per heavy atom. The largest absolute Gasteiger partial charge is 0.348 e. The number of carbonyl (C=O) groups excluding carboxylic acids is 2. The van der Waals surface area contributed by atoms with Crippen molar-refractivity contribution in [1.82, 2.24) is 0 Å². The minimum Gasteiger partial charge on any atom is -0.348 e. The van der Waals surface area contributed by atoms with Gasteiger partial charge in [-0.1, -0.05) is 18.2 Å². The van der Waals surface area contributed by atoms with Crippen molar-refractivity contribution in [3.8, 4) is 0 Å². The number of para-hydroxylation sites is 1. The second-order valence-electron chi connectivity index (χ2n) is 4.64. The minimum absolute atomic E-state index is 0.128. The van der Waals surface area contributed by atoms with Crippen molar-refractivity contribution in [2.75, 3.05) is 18.6 Å². The highest BCUT2D eigenvalue weighted by molar-refractivity contribution is 6.03. The number of hydrogen-bond acceptors (Lipinski definition) is 4. The highest BCUT2D eigenvalue weighted by atomic mass is 19.1. The molecule has 110 valence electrons. The summed E-state index contributed by atoms with van der Waals surface area (Å²) in [5, 5.41) is 0. The van der Waals surface area contributed by atoms with Crippen LogP contribution in [0.5, 0.6) is 0 Å². The third kappa shape index (κ3) is 3.25. The summed E-state index contributed by atoms with van der Waals surface area (Å²) >= 11 is 0. The van der Waals surface area contributed by atoms with Gasteiger partial charge in [0.1, 0.15) is 6.29 Å². The molecule has 0 fully saturated rings. The smallest absolute Gasteiger partial charge is 0.213 e. The molecule has 0 amide bonds. The molecule has 1 aromatic carbocycles. The first kappa shape index (κ1) is 15.1. The van der Waals surface area contributed by atoms with Gasteiger partial charge in [0.2, 0.25) is 5.78 Å². The Kier molecular flexibility index (Phi) is 4.65. The van der Waals surface area contributed by atoms with Crippen molar-refractivity contribution >= 4 is 17.8 Å². The first-order valence-electron chi connectivity index (χ1n) is 6.57. The molecule has 1 aliphatic rings. The van der Waals surface area contributed by atoms with Crippen LogP contribution in [0.2, 0.25) is 0 Å². The highest BCUT2D eigenvalue weighted by Gasteiger charge is 2.35. The number of halogens is 1. The summed E-state index contributed by atoms with van der Waals surface area (Å²) in [7, 11) is 1.74. The molecule has 0 saturated carbocycles. The summed E-state index contributed by atoms with van der Waals surface area (Å²) in [6.07, 6.45) is 4.70. The van der Waals surface area contributed by atoms with Crippen molar-refractivity contribution in [2.45, 2.75) is 12.1 Å². The van der Waals surface area contributed by atoms with E-state index in [9.17, 15) is 14.0 Å². The number of nitrogens with zero attached hydrogens (tertiary/aromatic N) is 1. The summed E-state index contributed by atoms with van der Waals surface area (Å²) in [5.41, 5.74) is -0.422. The predicted molar refractivity (Wildman–Crippen MR) is 77.5 cm³/mol. The SMILES string of the molecule is CN(c1ccccc1)C1(OCCC=O)C=CC(=O)C(F)=C1. The molecular weight excluding hydrogens is 273 g/mol. The van der Waals surface area contributed by atoms with Crippen molar-refractivity contribution in [1.29, 1.82) is 0 Å². The van der Waals surface area contributed by atoms with Crippen molar-refractivity contribution in [2.24, 2.45) is 0 Å². The van der Waals surface area contributed by atoms with Crippen LogP contribution in [-0.4, -0.2) is 31.4 Å². The summed E-state index contributed by atoms with van der Waals surface area (Å²) in [6, 6.07) is 9.26. The first-order chi connectivity index (χ1) is 10.1. The van der Waals surface area contributed by atoms with Gasteiger partial charge in [-0.05, 0) is 24.3 Å². The number of carbonyl (C=O) groups is 2. The quantitative estimate of drug-likeness (QED) is 0.458. The van der Waals surface area contributed by atoms with Gasteiger partial charge in [-0.15, -0.1) is 0 Å². The maximum Gasteiger partial charge on any atom is 0.213 e. The minimum atomic E-state index is -1.22. The number of aldehydes is 1. The van der Waals surface area contributed by atoms with Gasteiger partial charge in [0, 0.05) is 25.2 Å². The summed E-state index contributed by atoms with van der Waals surface area (Å²) in [4.78, 5) is 23.5. The maximum atomic E-state index is 13.7. The van der Waals surface area contributed by atoms with Crippen molar-refractivity contribution in [3.05, 3.63) is 54.4 Å². The van der Waals surface area contributed by atoms with E-state index in [1.807, 2.05) is 30.3 Å². The highest BCUT2D eigenvalue weighted by Crippen LogP contribution is 2.30. The molecule has 1 atom stereocenters. The average Bonchev–Trinajstić information content (AvgIpc) is 2.51. The lowest BCUT2D eigenvalue weighted by Gasteiger charge is -2.39. The zero-order valence-electron chi connectivity index (χ0n) is 11.7. The van der Waals surface area contributed by atoms with Gasteiger partial charge in [0.25, 0.3) is 0 Å². The van der Waals surface area contributed by atoms with E-state index in [4.69, 9.17) is 4.74 Å². The second kappa shape index (κ2) is 6.45. The lowest BCUT2D eigenvalue weighted by Crippen LogP contribution is -2.48. The zero-order chi connectivity index (χ0) is 15.3. The Balaban J connectivity index is 2.34. The third-order valence-corrected chi connectivity index (χ3v) is 3.28. The molecule has 1 aromatic rings. The molecule has 0 radical (unpaired) electrons. The molecule has 1 aliphatic carbocycles. The van der Waals surface area contributed by atoms with E-state index in [1.54, 1.807) is 11.9 Å². The molecule has 1 unspecified atom stereocenters. The lowest BCUT2D eigenvalue weighted by molar-refractivity contribution is -0.114. The van der Waals surface area contributed by atoms with Gasteiger partial charge < -0.3 is 14.4 Å². The first-order valence-corrected chi connectivity index (χ1v) is 6.57. The van der Waals surface area contributed by atoms with E-state index < -0.39 is 17.3 Å². The van der Waals surface area contributed by atoms with Crippen molar-refractivity contribution in [3.63, 3.8) is 0 Å². The normalized spacial score (nSPS) is 21.0. The number of ether oxygens (including phenoxy) is 1. The van der Waals surface area contributed by atoms with E-state index in [2.05, 4.69) is 0 Å². The Bertz CT molecular complexity index is 582. The number of anilines is 1. The van der Waals surface area contributed by atoms with Crippen molar-refractivity contribution < 1.29 is 18.7 Å². The number of hydrogen-bond donors (Lipinski definition) is 0. The molecule has 0 heterocycles. The molecule has 2 rings (SSSR count). The Labute approximate surface area is 122 Å². The molecule has 4 nitrogen and oxygen atoms in total. The van der Waals surface area contributed by atoms with Crippen LogP contribution >= 0.6 is 0 Å². The summed E-state index contributed by atoms with van der Waals surface area (Å²) in [5.74, 6) is -1.56. The fraction of sp³-hybridized carbons (Fsp3) is 0.250. The van der Waals surface area contributed by atoms with E-state index >= 15 is 0 Å². The predicted octanol–water partition coefficient (Wildman–Crippen LogP) is 2.42. The van der Waals surface area contributed by atoms with Gasteiger partial charge in [0.15, 0.2) is 11.6 Å². The van der Waals surface area contributed by atoms with Crippen LogP contribution in [0, 0.1) is 0 Å². The van der Waals surface area contributed by atoms with E-state index in [1.165, 1.54) is 6.08 Å². The average molecular weight is 289 g/mol. The van der Waals surface area contributed by atoms with Gasteiger partial charge in [0.05, 0.1) is 6.61 Å². The summed E-state index contributed by atoms with van der Waals surface area (Å²) < 4.78 is 19.4. The van der Waals surface area contributed by atoms with E-state index in [0.29, 0.717) is 0 Å². The molecule has 5 heteroatoms. The monoisotopic (exact) mass is 289 g/mol. The topological polar surface area (TPSA) is 46.6 Å². The molecule has 0 N–H and O–H groups in total. The molecule has 0 saturated heterocycles. The number of allylic oxidation sites excluding steroid dienone is 2. The second-order valence-corrected chi connectivity index (χ2v) is 4.64. The Hall–Kier alpha value is -2.27. The fourth-order valence-electron chi connectivity index (χ4n) is 2.09. The molecule has 0 spiro atoms. The zero-order valence-corrected chi connectivity index (χ0v) is 11.7.